The highest BCUT2D eigenvalue weighted by Crippen LogP contribution is 2.32. The fourth-order valence-corrected chi connectivity index (χ4v) is 4.43. The van der Waals surface area contributed by atoms with Crippen molar-refractivity contribution in [2.75, 3.05) is 18.6 Å². The number of rotatable bonds is 10. The van der Waals surface area contributed by atoms with Gasteiger partial charge in [0.1, 0.15) is 11.8 Å². The first-order valence-electron chi connectivity index (χ1n) is 12.7. The quantitative estimate of drug-likeness (QED) is 0.421. The minimum Gasteiger partial charge on any atom is -0.494 e. The molecular weight excluding hydrogens is 450 g/mol. The zero-order chi connectivity index (χ0) is 25.3. The van der Waals surface area contributed by atoms with Crippen LogP contribution in [0.1, 0.15) is 36.5 Å². The summed E-state index contributed by atoms with van der Waals surface area (Å²) < 4.78 is 6.09. The van der Waals surface area contributed by atoms with E-state index in [1.807, 2.05) is 54.6 Å². The van der Waals surface area contributed by atoms with Gasteiger partial charge in [0, 0.05) is 6.07 Å². The second kappa shape index (κ2) is 12.4. The number of benzene rings is 3. The molecule has 4 rings (SSSR count). The molecule has 0 spiro atoms. The minimum absolute atomic E-state index is 0.101. The maximum atomic E-state index is 13.7. The minimum atomic E-state index is -0.584. The number of amides is 2. The second-order valence-corrected chi connectivity index (χ2v) is 9.25. The fourth-order valence-electron chi connectivity index (χ4n) is 4.43. The van der Waals surface area contributed by atoms with Crippen LogP contribution in [0, 0.1) is 0 Å². The molecule has 6 heteroatoms. The molecule has 36 heavy (non-hydrogen) atoms. The monoisotopic (exact) mass is 485 g/mol. The number of carbonyl (C=O) groups excluding carboxylic acids is 2. The maximum Gasteiger partial charge on any atom is 0.249 e. The normalized spacial score (nSPS) is 16.1. The Morgan fingerprint density at radius 1 is 1.03 bits per heavy atom. The van der Waals surface area contributed by atoms with E-state index in [9.17, 15) is 9.59 Å². The van der Waals surface area contributed by atoms with Crippen molar-refractivity contribution in [3.63, 3.8) is 0 Å². The molecule has 0 bridgehead atoms. The molecule has 0 aromatic heterocycles. The summed E-state index contributed by atoms with van der Waals surface area (Å²) in [6.45, 7) is 2.81. The zero-order valence-corrected chi connectivity index (χ0v) is 21.1. The average molecular weight is 486 g/mol. The van der Waals surface area contributed by atoms with Gasteiger partial charge in [-0.05, 0) is 62.4 Å². The lowest BCUT2D eigenvalue weighted by Crippen LogP contribution is -2.52. The molecule has 0 saturated heterocycles. The summed E-state index contributed by atoms with van der Waals surface area (Å²) in [5.74, 6) is 0.471. The lowest BCUT2D eigenvalue weighted by atomic mass is 10.1. The predicted octanol–water partition coefficient (Wildman–Crippen LogP) is 4.27. The molecule has 2 N–H and O–H groups in total. The number of nitrogens with one attached hydrogen (secondary N) is 2. The Balaban J connectivity index is 1.52. The molecule has 2 atom stereocenters. The highest BCUT2D eigenvalue weighted by atomic mass is 16.5. The van der Waals surface area contributed by atoms with Crippen LogP contribution in [0.15, 0.2) is 78.9 Å². The molecule has 3 aromatic rings. The van der Waals surface area contributed by atoms with Crippen molar-refractivity contribution in [1.82, 2.24) is 10.6 Å². The molecule has 0 radical (unpaired) electrons. The van der Waals surface area contributed by atoms with E-state index in [-0.39, 0.29) is 17.9 Å². The first-order valence-corrected chi connectivity index (χ1v) is 12.7. The molecule has 6 nitrogen and oxygen atoms in total. The third-order valence-electron chi connectivity index (χ3n) is 6.66. The SMILES string of the molecule is CN[C@@H](C)C(=O)N[C@H]1CCc2ccc(OCCCc3ccccc3)cc2N(Cc2ccccc2)C1=O. The van der Waals surface area contributed by atoms with E-state index in [0.29, 0.717) is 26.0 Å². The van der Waals surface area contributed by atoms with Crippen LogP contribution in [0.25, 0.3) is 0 Å². The van der Waals surface area contributed by atoms with Crippen molar-refractivity contribution in [2.45, 2.75) is 51.2 Å². The summed E-state index contributed by atoms with van der Waals surface area (Å²) in [6.07, 6.45) is 3.11. The van der Waals surface area contributed by atoms with Crippen LogP contribution in [0.3, 0.4) is 0 Å². The standard InChI is InChI=1S/C30H35N3O3/c1-22(31-2)29(34)32-27-18-16-25-15-17-26(36-19-9-14-23-10-5-3-6-11-23)20-28(25)33(30(27)35)21-24-12-7-4-8-13-24/h3-8,10-13,15,17,20,22,27,31H,9,14,16,18-19,21H2,1-2H3,(H,32,34)/t22-,27-/m0/s1. The first kappa shape index (κ1) is 25.5. The number of ether oxygens (including phenoxy) is 1. The van der Waals surface area contributed by atoms with Crippen molar-refractivity contribution in [1.29, 1.82) is 0 Å². The topological polar surface area (TPSA) is 70.7 Å². The molecule has 1 aliphatic rings. The zero-order valence-electron chi connectivity index (χ0n) is 21.1. The fraction of sp³-hybridized carbons (Fsp3) is 0.333. The number of anilines is 1. The number of fused-ring (bicyclic) bond motifs is 1. The molecule has 0 aliphatic carbocycles. The molecular formula is C30H35N3O3. The molecule has 188 valence electrons. The Hall–Kier alpha value is -3.64. The first-order chi connectivity index (χ1) is 17.5. The number of nitrogens with zero attached hydrogens (tertiary/aromatic N) is 1. The third-order valence-corrected chi connectivity index (χ3v) is 6.66. The van der Waals surface area contributed by atoms with Crippen LogP contribution in [-0.4, -0.2) is 37.6 Å². The Morgan fingerprint density at radius 3 is 2.42 bits per heavy atom. The summed E-state index contributed by atoms with van der Waals surface area (Å²) >= 11 is 0. The molecule has 2 amide bonds. The van der Waals surface area contributed by atoms with E-state index in [1.54, 1.807) is 18.9 Å². The van der Waals surface area contributed by atoms with Crippen molar-refractivity contribution >= 4 is 17.5 Å². The Labute approximate surface area is 213 Å². The van der Waals surface area contributed by atoms with Gasteiger partial charge < -0.3 is 20.3 Å². The van der Waals surface area contributed by atoms with Gasteiger partial charge in [-0.25, -0.2) is 0 Å². The van der Waals surface area contributed by atoms with E-state index in [1.165, 1.54) is 5.56 Å². The number of aryl methyl sites for hydroxylation is 2. The summed E-state index contributed by atoms with van der Waals surface area (Å²) in [7, 11) is 1.73. The Bertz CT molecular complexity index is 1150. The second-order valence-electron chi connectivity index (χ2n) is 9.25. The highest BCUT2D eigenvalue weighted by molar-refractivity contribution is 6.01. The van der Waals surface area contributed by atoms with Crippen LogP contribution in [-0.2, 0) is 29.0 Å². The van der Waals surface area contributed by atoms with Crippen LogP contribution >= 0.6 is 0 Å². The van der Waals surface area contributed by atoms with Crippen LogP contribution in [0.5, 0.6) is 5.75 Å². The van der Waals surface area contributed by atoms with Gasteiger partial charge in [-0.3, -0.25) is 9.59 Å². The van der Waals surface area contributed by atoms with Crippen molar-refractivity contribution in [3.8, 4) is 5.75 Å². The number of hydrogen-bond donors (Lipinski definition) is 2. The summed E-state index contributed by atoms with van der Waals surface area (Å²) in [6, 6.07) is 25.4. The van der Waals surface area contributed by atoms with Crippen LogP contribution < -0.4 is 20.3 Å². The van der Waals surface area contributed by atoms with Crippen LogP contribution in [0.4, 0.5) is 5.69 Å². The molecule has 1 aliphatic heterocycles. The third kappa shape index (κ3) is 6.52. The van der Waals surface area contributed by atoms with Gasteiger partial charge in [-0.1, -0.05) is 66.7 Å². The van der Waals surface area contributed by atoms with Crippen LogP contribution in [0.2, 0.25) is 0 Å². The largest absolute Gasteiger partial charge is 0.494 e. The Morgan fingerprint density at radius 2 is 1.72 bits per heavy atom. The van der Waals surface area contributed by atoms with E-state index >= 15 is 0 Å². The van der Waals surface area contributed by atoms with Crippen molar-refractivity contribution in [2.24, 2.45) is 0 Å². The van der Waals surface area contributed by atoms with E-state index in [2.05, 4.69) is 34.9 Å². The molecule has 1 heterocycles. The molecule has 0 saturated carbocycles. The van der Waals surface area contributed by atoms with Gasteiger partial charge in [-0.2, -0.15) is 0 Å². The van der Waals surface area contributed by atoms with Crippen molar-refractivity contribution < 1.29 is 14.3 Å². The van der Waals surface area contributed by atoms with Gasteiger partial charge in [0.05, 0.1) is 24.9 Å². The average Bonchev–Trinajstić information content (AvgIpc) is 3.04. The van der Waals surface area contributed by atoms with Crippen molar-refractivity contribution in [3.05, 3.63) is 95.6 Å². The smallest absolute Gasteiger partial charge is 0.249 e. The summed E-state index contributed by atoms with van der Waals surface area (Å²) in [5, 5.41) is 5.90. The molecule has 0 fully saturated rings. The van der Waals surface area contributed by atoms with Gasteiger partial charge in [0.25, 0.3) is 0 Å². The summed E-state index contributed by atoms with van der Waals surface area (Å²) in [5.41, 5.74) is 4.25. The van der Waals surface area contributed by atoms with Gasteiger partial charge >= 0.3 is 0 Å². The maximum absolute atomic E-state index is 13.7. The number of carbonyl (C=O) groups is 2. The lowest BCUT2D eigenvalue weighted by molar-refractivity contribution is -0.128. The van der Waals surface area contributed by atoms with Gasteiger partial charge in [-0.15, -0.1) is 0 Å². The van der Waals surface area contributed by atoms with E-state index in [4.69, 9.17) is 4.74 Å². The highest BCUT2D eigenvalue weighted by Gasteiger charge is 2.32. The molecule has 3 aromatic carbocycles. The summed E-state index contributed by atoms with van der Waals surface area (Å²) in [4.78, 5) is 28.1. The van der Waals surface area contributed by atoms with E-state index < -0.39 is 6.04 Å². The number of hydrogen-bond acceptors (Lipinski definition) is 4. The lowest BCUT2D eigenvalue weighted by Gasteiger charge is -2.27. The predicted molar refractivity (Wildman–Crippen MR) is 143 cm³/mol. The molecule has 0 unspecified atom stereocenters. The Kier molecular flexibility index (Phi) is 8.74. The van der Waals surface area contributed by atoms with E-state index in [0.717, 1.165) is 35.4 Å². The number of likely N-dealkylation sites (N-methyl/N-ethyl adjacent to an activating group) is 1. The van der Waals surface area contributed by atoms with Gasteiger partial charge in [0.2, 0.25) is 11.8 Å². The van der Waals surface area contributed by atoms with Gasteiger partial charge in [0.15, 0.2) is 0 Å².